The number of hydrogen-bond donors (Lipinski definition) is 2. The lowest BCUT2D eigenvalue weighted by atomic mass is 10.1. The van der Waals surface area contributed by atoms with Gasteiger partial charge in [0.15, 0.2) is 12.4 Å². The maximum Gasteiger partial charge on any atom is 0.339 e. The SMILES string of the molecule is Cc1ccc(-c2cc(C(=O)OCC(=O)Nc3ccc(S(N)(=O)=O)cc3)c3ccccc3n2)o1. The van der Waals surface area contributed by atoms with E-state index in [1.165, 1.54) is 24.3 Å². The second-order valence-electron chi connectivity index (χ2n) is 7.18. The minimum Gasteiger partial charge on any atom is -0.460 e. The lowest BCUT2D eigenvalue weighted by Crippen LogP contribution is -2.21. The number of fused-ring (bicyclic) bond motifs is 1. The molecule has 2 aromatic heterocycles. The van der Waals surface area contributed by atoms with E-state index >= 15 is 0 Å². The molecular weight excluding hydrogens is 446 g/mol. The van der Waals surface area contributed by atoms with Crippen molar-refractivity contribution in [3.63, 3.8) is 0 Å². The van der Waals surface area contributed by atoms with E-state index in [-0.39, 0.29) is 10.5 Å². The number of primary sulfonamides is 1. The first kappa shape index (κ1) is 22.2. The van der Waals surface area contributed by atoms with E-state index in [1.807, 2.05) is 0 Å². The zero-order valence-corrected chi connectivity index (χ0v) is 18.3. The average Bonchev–Trinajstić information content (AvgIpc) is 3.23. The molecule has 0 bridgehead atoms. The summed E-state index contributed by atoms with van der Waals surface area (Å²) in [5.41, 5.74) is 1.62. The zero-order chi connectivity index (χ0) is 23.6. The number of carbonyl (C=O) groups excluding carboxylic acids is 2. The van der Waals surface area contributed by atoms with E-state index in [9.17, 15) is 18.0 Å². The Balaban J connectivity index is 1.50. The molecule has 10 heteroatoms. The van der Waals surface area contributed by atoms with E-state index in [0.717, 1.165) is 0 Å². The third kappa shape index (κ3) is 5.08. The number of hydrogen-bond acceptors (Lipinski definition) is 7. The highest BCUT2D eigenvalue weighted by Gasteiger charge is 2.18. The van der Waals surface area contributed by atoms with Gasteiger partial charge in [-0.3, -0.25) is 4.79 Å². The molecule has 2 heterocycles. The normalized spacial score (nSPS) is 11.3. The molecule has 0 aliphatic carbocycles. The van der Waals surface area contributed by atoms with Crippen molar-refractivity contribution in [3.05, 3.63) is 78.1 Å². The van der Waals surface area contributed by atoms with Crippen LogP contribution in [-0.2, 0) is 19.6 Å². The number of esters is 1. The molecule has 33 heavy (non-hydrogen) atoms. The molecule has 0 aliphatic heterocycles. The van der Waals surface area contributed by atoms with Crippen LogP contribution in [0.15, 0.2) is 76.0 Å². The topological polar surface area (TPSA) is 142 Å². The number of sulfonamides is 1. The summed E-state index contributed by atoms with van der Waals surface area (Å²) in [5, 5.41) is 8.15. The molecule has 0 saturated heterocycles. The van der Waals surface area contributed by atoms with Crippen LogP contribution in [0.3, 0.4) is 0 Å². The molecule has 3 N–H and O–H groups in total. The lowest BCUT2D eigenvalue weighted by molar-refractivity contribution is -0.119. The highest BCUT2D eigenvalue weighted by molar-refractivity contribution is 7.89. The summed E-state index contributed by atoms with van der Waals surface area (Å²) in [4.78, 5) is 29.5. The number of benzene rings is 2. The number of para-hydroxylation sites is 1. The van der Waals surface area contributed by atoms with Crippen molar-refractivity contribution < 1.29 is 27.2 Å². The summed E-state index contributed by atoms with van der Waals surface area (Å²) in [6.45, 7) is 1.27. The number of pyridine rings is 1. The Labute approximate surface area is 189 Å². The monoisotopic (exact) mass is 465 g/mol. The predicted molar refractivity (Wildman–Crippen MR) is 121 cm³/mol. The summed E-state index contributed by atoms with van der Waals surface area (Å²) in [5.74, 6) is -0.0735. The molecule has 168 valence electrons. The van der Waals surface area contributed by atoms with Gasteiger partial charge in [0, 0.05) is 11.1 Å². The van der Waals surface area contributed by atoms with Gasteiger partial charge < -0.3 is 14.5 Å². The summed E-state index contributed by atoms with van der Waals surface area (Å²) in [7, 11) is -3.83. The Morgan fingerprint density at radius 2 is 1.79 bits per heavy atom. The van der Waals surface area contributed by atoms with E-state index in [1.54, 1.807) is 49.4 Å². The van der Waals surface area contributed by atoms with E-state index in [2.05, 4.69) is 10.3 Å². The number of ether oxygens (including phenoxy) is 1. The van der Waals surface area contributed by atoms with Crippen molar-refractivity contribution >= 4 is 38.5 Å². The van der Waals surface area contributed by atoms with Crippen LogP contribution in [0.2, 0.25) is 0 Å². The molecule has 4 rings (SSSR count). The number of nitrogens with two attached hydrogens (primary N) is 1. The van der Waals surface area contributed by atoms with Crippen molar-refractivity contribution in [2.24, 2.45) is 5.14 Å². The predicted octanol–water partition coefficient (Wildman–Crippen LogP) is 3.25. The van der Waals surface area contributed by atoms with Crippen LogP contribution in [0.1, 0.15) is 16.1 Å². The molecule has 0 atom stereocenters. The first-order chi connectivity index (χ1) is 15.7. The maximum atomic E-state index is 12.8. The van der Waals surface area contributed by atoms with Gasteiger partial charge in [-0.1, -0.05) is 18.2 Å². The largest absolute Gasteiger partial charge is 0.460 e. The molecule has 0 spiro atoms. The third-order valence-corrected chi connectivity index (χ3v) is 5.66. The van der Waals surface area contributed by atoms with Gasteiger partial charge >= 0.3 is 5.97 Å². The summed E-state index contributed by atoms with van der Waals surface area (Å²) < 4.78 is 33.5. The molecule has 0 aliphatic rings. The second-order valence-corrected chi connectivity index (χ2v) is 8.74. The van der Waals surface area contributed by atoms with Crippen molar-refractivity contribution in [3.8, 4) is 11.5 Å². The highest BCUT2D eigenvalue weighted by atomic mass is 32.2. The average molecular weight is 465 g/mol. The van der Waals surface area contributed by atoms with Crippen LogP contribution in [0.25, 0.3) is 22.4 Å². The molecule has 0 unspecified atom stereocenters. The molecular formula is C23H19N3O6S. The first-order valence-electron chi connectivity index (χ1n) is 9.77. The van der Waals surface area contributed by atoms with E-state index < -0.39 is 28.5 Å². The number of nitrogens with one attached hydrogen (secondary N) is 1. The fraction of sp³-hybridized carbons (Fsp3) is 0.0870. The van der Waals surface area contributed by atoms with Crippen LogP contribution >= 0.6 is 0 Å². The number of rotatable bonds is 6. The molecule has 4 aromatic rings. The standard InChI is InChI=1S/C23H19N3O6S/c1-14-6-11-21(32-14)20-12-18(17-4-2-3-5-19(17)26-20)23(28)31-13-22(27)25-15-7-9-16(10-8-15)33(24,29)30/h2-12H,13H2,1H3,(H,25,27)(H2,24,29,30). The van der Waals surface area contributed by atoms with Crippen LogP contribution < -0.4 is 10.5 Å². The van der Waals surface area contributed by atoms with Crippen LogP contribution in [0.4, 0.5) is 5.69 Å². The molecule has 9 nitrogen and oxygen atoms in total. The second kappa shape index (κ2) is 8.85. The van der Waals surface area contributed by atoms with Gasteiger partial charge in [0.05, 0.1) is 16.0 Å². The van der Waals surface area contributed by atoms with Crippen molar-refractivity contribution in [2.75, 3.05) is 11.9 Å². The highest BCUT2D eigenvalue weighted by Crippen LogP contribution is 2.26. The van der Waals surface area contributed by atoms with Gasteiger partial charge in [-0.25, -0.2) is 23.3 Å². The Morgan fingerprint density at radius 1 is 1.06 bits per heavy atom. The quantitative estimate of drug-likeness (QED) is 0.416. The smallest absolute Gasteiger partial charge is 0.339 e. The molecule has 0 saturated carbocycles. The summed E-state index contributed by atoms with van der Waals surface area (Å²) >= 11 is 0. The minimum atomic E-state index is -3.83. The number of nitrogens with zero attached hydrogens (tertiary/aromatic N) is 1. The van der Waals surface area contributed by atoms with Gasteiger partial charge in [0.2, 0.25) is 10.0 Å². The van der Waals surface area contributed by atoms with Gasteiger partial charge in [0.1, 0.15) is 11.5 Å². The Hall–Kier alpha value is -4.02. The minimum absolute atomic E-state index is 0.0842. The zero-order valence-electron chi connectivity index (χ0n) is 17.4. The fourth-order valence-electron chi connectivity index (χ4n) is 3.18. The lowest BCUT2D eigenvalue weighted by Gasteiger charge is -2.10. The van der Waals surface area contributed by atoms with Crippen LogP contribution in [0.5, 0.6) is 0 Å². The van der Waals surface area contributed by atoms with Crippen molar-refractivity contribution in [1.29, 1.82) is 0 Å². The van der Waals surface area contributed by atoms with Crippen molar-refractivity contribution in [1.82, 2.24) is 4.98 Å². The fourth-order valence-corrected chi connectivity index (χ4v) is 3.69. The van der Waals surface area contributed by atoms with Gasteiger partial charge in [0.25, 0.3) is 5.91 Å². The molecule has 2 aromatic carbocycles. The Morgan fingerprint density at radius 3 is 2.45 bits per heavy atom. The first-order valence-corrected chi connectivity index (χ1v) is 11.3. The number of carbonyl (C=O) groups is 2. The molecule has 1 amide bonds. The van der Waals surface area contributed by atoms with Gasteiger partial charge in [-0.2, -0.15) is 0 Å². The van der Waals surface area contributed by atoms with Crippen LogP contribution in [0, 0.1) is 6.92 Å². The number of aryl methyl sites for hydroxylation is 1. The number of furan rings is 1. The molecule has 0 radical (unpaired) electrons. The summed E-state index contributed by atoms with van der Waals surface area (Å²) in [6.07, 6.45) is 0. The number of amides is 1. The van der Waals surface area contributed by atoms with E-state index in [4.69, 9.17) is 14.3 Å². The van der Waals surface area contributed by atoms with Gasteiger partial charge in [-0.15, -0.1) is 0 Å². The maximum absolute atomic E-state index is 12.8. The van der Waals surface area contributed by atoms with Crippen LogP contribution in [-0.4, -0.2) is 31.9 Å². The van der Waals surface area contributed by atoms with Crippen molar-refractivity contribution in [2.45, 2.75) is 11.8 Å². The third-order valence-electron chi connectivity index (χ3n) is 4.73. The summed E-state index contributed by atoms with van der Waals surface area (Å²) in [6, 6.07) is 17.5. The number of aromatic nitrogens is 1. The molecule has 0 fully saturated rings. The van der Waals surface area contributed by atoms with Gasteiger partial charge in [-0.05, 0) is 55.5 Å². The Kier molecular flexibility index (Phi) is 5.95. The number of anilines is 1. The van der Waals surface area contributed by atoms with E-state index in [0.29, 0.717) is 33.8 Å². The Bertz CT molecular complexity index is 1460.